The average Bonchev–Trinajstić information content (AvgIpc) is 1.99. The number of nitrogens with zero attached hydrogens (tertiary/aromatic N) is 1. The molecule has 1 radical (unpaired) electrons. The van der Waals surface area contributed by atoms with Crippen LogP contribution in [-0.2, 0) is 0 Å². The Morgan fingerprint density at radius 3 is 2.91 bits per heavy atom. The molecule has 0 aliphatic heterocycles. The van der Waals surface area contributed by atoms with Gasteiger partial charge >= 0.3 is 0 Å². The second-order valence-corrected chi connectivity index (χ2v) is 2.44. The van der Waals surface area contributed by atoms with Crippen LogP contribution in [0.3, 0.4) is 0 Å². The van der Waals surface area contributed by atoms with Crippen molar-refractivity contribution in [1.82, 2.24) is 4.98 Å². The lowest BCUT2D eigenvalue weighted by atomic mass is 10.2. The van der Waals surface area contributed by atoms with Crippen molar-refractivity contribution in [3.8, 4) is 5.75 Å². The van der Waals surface area contributed by atoms with Crippen molar-refractivity contribution in [2.45, 2.75) is 20.8 Å². The summed E-state index contributed by atoms with van der Waals surface area (Å²) in [5.41, 5.74) is 2.27. The minimum atomic E-state index is 0.669. The SMILES string of the molecule is CCOc1[c]ncc(C)c1C. The second-order valence-electron chi connectivity index (χ2n) is 2.44. The Balaban J connectivity index is 2.96. The molecule has 1 heterocycles. The number of ether oxygens (including phenoxy) is 1. The number of hydrogen-bond acceptors (Lipinski definition) is 2. The maximum absolute atomic E-state index is 5.30. The lowest BCUT2D eigenvalue weighted by Crippen LogP contribution is -1.96. The zero-order chi connectivity index (χ0) is 8.27. The molecule has 0 aliphatic carbocycles. The molecule has 0 atom stereocenters. The highest BCUT2D eigenvalue weighted by atomic mass is 16.5. The molecule has 2 heteroatoms. The highest BCUT2D eigenvalue weighted by Gasteiger charge is 2.00. The van der Waals surface area contributed by atoms with E-state index in [1.165, 1.54) is 0 Å². The molecular weight excluding hydrogens is 138 g/mol. The average molecular weight is 150 g/mol. The first-order valence-corrected chi connectivity index (χ1v) is 3.72. The predicted octanol–water partition coefficient (Wildman–Crippen LogP) is 1.90. The van der Waals surface area contributed by atoms with Gasteiger partial charge in [0, 0.05) is 6.20 Å². The van der Waals surface area contributed by atoms with Crippen LogP contribution in [0.5, 0.6) is 5.75 Å². The maximum Gasteiger partial charge on any atom is 0.150 e. The first-order valence-electron chi connectivity index (χ1n) is 3.72. The Morgan fingerprint density at radius 2 is 2.27 bits per heavy atom. The van der Waals surface area contributed by atoms with Crippen molar-refractivity contribution in [2.24, 2.45) is 0 Å². The van der Waals surface area contributed by atoms with E-state index >= 15 is 0 Å². The molecule has 11 heavy (non-hydrogen) atoms. The van der Waals surface area contributed by atoms with Gasteiger partial charge in [0.15, 0.2) is 0 Å². The van der Waals surface area contributed by atoms with Crippen LogP contribution in [0, 0.1) is 20.0 Å². The van der Waals surface area contributed by atoms with E-state index in [1.807, 2.05) is 20.8 Å². The molecule has 0 N–H and O–H groups in total. The zero-order valence-corrected chi connectivity index (χ0v) is 7.14. The summed E-state index contributed by atoms with van der Waals surface area (Å²) >= 11 is 0. The number of aryl methyl sites for hydroxylation is 1. The molecular formula is C9H12NO. The molecule has 0 aliphatic rings. The molecule has 0 aromatic carbocycles. The molecule has 1 rings (SSSR count). The van der Waals surface area contributed by atoms with Crippen molar-refractivity contribution in [3.63, 3.8) is 0 Å². The summed E-state index contributed by atoms with van der Waals surface area (Å²) in [4.78, 5) is 3.91. The second kappa shape index (κ2) is 3.37. The van der Waals surface area contributed by atoms with Gasteiger partial charge in [0.1, 0.15) is 11.9 Å². The van der Waals surface area contributed by atoms with Crippen LogP contribution in [-0.4, -0.2) is 11.6 Å². The summed E-state index contributed by atoms with van der Waals surface area (Å²) in [6.45, 7) is 6.65. The molecule has 0 amide bonds. The standard InChI is InChI=1S/C9H12NO/c1-4-11-9-6-10-5-7(2)8(9)3/h5H,4H2,1-3H3. The lowest BCUT2D eigenvalue weighted by Gasteiger charge is -2.06. The number of pyridine rings is 1. The van der Waals surface area contributed by atoms with E-state index < -0.39 is 0 Å². The summed E-state index contributed by atoms with van der Waals surface area (Å²) in [6.07, 6.45) is 4.60. The smallest absolute Gasteiger partial charge is 0.150 e. The van der Waals surface area contributed by atoms with Gasteiger partial charge in [0.05, 0.1) is 6.61 Å². The van der Waals surface area contributed by atoms with E-state index in [1.54, 1.807) is 6.20 Å². The fourth-order valence-corrected chi connectivity index (χ4v) is 0.832. The summed E-state index contributed by atoms with van der Waals surface area (Å²) in [7, 11) is 0. The van der Waals surface area contributed by atoms with Crippen molar-refractivity contribution in [2.75, 3.05) is 6.61 Å². The molecule has 0 saturated carbocycles. The molecule has 1 aromatic rings. The normalized spacial score (nSPS) is 9.73. The third kappa shape index (κ3) is 1.70. The Kier molecular flexibility index (Phi) is 2.47. The van der Waals surface area contributed by atoms with Gasteiger partial charge < -0.3 is 4.74 Å². The van der Waals surface area contributed by atoms with Crippen molar-refractivity contribution >= 4 is 0 Å². The molecule has 59 valence electrons. The minimum absolute atomic E-state index is 0.669. The highest BCUT2D eigenvalue weighted by molar-refractivity contribution is 5.33. The van der Waals surface area contributed by atoms with Crippen LogP contribution >= 0.6 is 0 Å². The number of hydrogen-bond donors (Lipinski definition) is 0. The van der Waals surface area contributed by atoms with E-state index in [0.717, 1.165) is 16.9 Å². The molecule has 0 unspecified atom stereocenters. The Bertz CT molecular complexity index is 245. The molecule has 2 nitrogen and oxygen atoms in total. The molecule has 0 bridgehead atoms. The quantitative estimate of drug-likeness (QED) is 0.642. The van der Waals surface area contributed by atoms with Crippen molar-refractivity contribution < 1.29 is 4.74 Å². The van der Waals surface area contributed by atoms with Gasteiger partial charge in [-0.25, -0.2) is 0 Å². The van der Waals surface area contributed by atoms with Crippen LogP contribution in [0.2, 0.25) is 0 Å². The van der Waals surface area contributed by atoms with Gasteiger partial charge in [-0.1, -0.05) is 0 Å². The van der Waals surface area contributed by atoms with Crippen LogP contribution in [0.25, 0.3) is 0 Å². The van der Waals surface area contributed by atoms with Crippen molar-refractivity contribution in [1.29, 1.82) is 0 Å². The van der Waals surface area contributed by atoms with Crippen molar-refractivity contribution in [3.05, 3.63) is 23.5 Å². The minimum Gasteiger partial charge on any atom is -0.491 e. The van der Waals surface area contributed by atoms with Crippen LogP contribution in [0.4, 0.5) is 0 Å². The summed E-state index contributed by atoms with van der Waals surface area (Å²) < 4.78 is 5.30. The van der Waals surface area contributed by atoms with Gasteiger partial charge in [-0.05, 0) is 31.9 Å². The van der Waals surface area contributed by atoms with Crippen LogP contribution in [0.15, 0.2) is 6.20 Å². The van der Waals surface area contributed by atoms with E-state index in [4.69, 9.17) is 4.74 Å². The van der Waals surface area contributed by atoms with Gasteiger partial charge in [0.2, 0.25) is 0 Å². The van der Waals surface area contributed by atoms with Gasteiger partial charge in [-0.15, -0.1) is 0 Å². The third-order valence-corrected chi connectivity index (χ3v) is 1.65. The van der Waals surface area contributed by atoms with Gasteiger partial charge in [0.25, 0.3) is 0 Å². The van der Waals surface area contributed by atoms with Crippen LogP contribution in [0.1, 0.15) is 18.1 Å². The molecule has 0 spiro atoms. The van der Waals surface area contributed by atoms with E-state index in [2.05, 4.69) is 11.2 Å². The van der Waals surface area contributed by atoms with E-state index in [-0.39, 0.29) is 0 Å². The Morgan fingerprint density at radius 1 is 1.55 bits per heavy atom. The highest BCUT2D eigenvalue weighted by Crippen LogP contribution is 2.17. The monoisotopic (exact) mass is 150 g/mol. The third-order valence-electron chi connectivity index (χ3n) is 1.65. The topological polar surface area (TPSA) is 22.1 Å². The molecule has 0 saturated heterocycles. The first kappa shape index (κ1) is 8.05. The summed E-state index contributed by atoms with van der Waals surface area (Å²) in [6, 6.07) is 0. The number of rotatable bonds is 2. The van der Waals surface area contributed by atoms with E-state index in [9.17, 15) is 0 Å². The van der Waals surface area contributed by atoms with E-state index in [0.29, 0.717) is 6.61 Å². The summed E-state index contributed by atoms with van der Waals surface area (Å²) in [5.74, 6) is 0.771. The fraction of sp³-hybridized carbons (Fsp3) is 0.444. The maximum atomic E-state index is 5.30. The molecule has 0 fully saturated rings. The van der Waals surface area contributed by atoms with Crippen LogP contribution < -0.4 is 4.74 Å². The van der Waals surface area contributed by atoms with Gasteiger partial charge in [-0.2, -0.15) is 0 Å². The first-order chi connectivity index (χ1) is 5.25. The largest absolute Gasteiger partial charge is 0.491 e. The lowest BCUT2D eigenvalue weighted by molar-refractivity contribution is 0.335. The Hall–Kier alpha value is -1.05. The predicted molar refractivity (Wildman–Crippen MR) is 43.7 cm³/mol. The van der Waals surface area contributed by atoms with Gasteiger partial charge in [-0.3, -0.25) is 4.98 Å². The summed E-state index contributed by atoms with van der Waals surface area (Å²) in [5, 5.41) is 0. The number of aromatic nitrogens is 1. The molecule has 1 aromatic heterocycles. The zero-order valence-electron chi connectivity index (χ0n) is 7.14. The fourth-order valence-electron chi connectivity index (χ4n) is 0.832. The Labute approximate surface area is 67.2 Å².